The molecular weight excluding hydrogens is 218 g/mol. The summed E-state index contributed by atoms with van der Waals surface area (Å²) >= 11 is 0. The molecule has 0 spiro atoms. The summed E-state index contributed by atoms with van der Waals surface area (Å²) in [6.07, 6.45) is 3.79. The molecule has 0 aromatic carbocycles. The van der Waals surface area contributed by atoms with Crippen LogP contribution in [-0.2, 0) is 9.53 Å². The van der Waals surface area contributed by atoms with Gasteiger partial charge in [-0.05, 0) is 27.7 Å². The number of hydrogen-bond donors (Lipinski definition) is 0. The Balaban J connectivity index is 2.93. The molecule has 0 aromatic rings. The van der Waals surface area contributed by atoms with E-state index in [9.17, 15) is 9.59 Å². The van der Waals surface area contributed by atoms with Crippen LogP contribution in [0.15, 0.2) is 23.5 Å². The molecule has 0 radical (unpaired) electrons. The van der Waals surface area contributed by atoms with Crippen LogP contribution in [0.1, 0.15) is 34.6 Å². The minimum absolute atomic E-state index is 0.0335. The van der Waals surface area contributed by atoms with E-state index < -0.39 is 11.7 Å². The number of rotatable bonds is 1. The van der Waals surface area contributed by atoms with Crippen LogP contribution in [0.4, 0.5) is 4.79 Å². The van der Waals surface area contributed by atoms with E-state index in [1.165, 1.54) is 4.90 Å². The largest absolute Gasteiger partial charge is 0.443 e. The maximum atomic E-state index is 11.9. The molecule has 1 atom stereocenters. The molecule has 0 saturated heterocycles. The summed E-state index contributed by atoms with van der Waals surface area (Å²) in [5.41, 5.74) is 0.693. The normalized spacial score (nSPS) is 20.5. The molecule has 1 amide bonds. The Morgan fingerprint density at radius 1 is 1.47 bits per heavy atom. The molecule has 1 aliphatic heterocycles. The lowest BCUT2D eigenvalue weighted by molar-refractivity contribution is -0.105. The van der Waals surface area contributed by atoms with Crippen LogP contribution in [0.25, 0.3) is 0 Å². The van der Waals surface area contributed by atoms with Gasteiger partial charge >= 0.3 is 6.09 Å². The molecule has 1 unspecified atom stereocenters. The van der Waals surface area contributed by atoms with Gasteiger partial charge in [-0.25, -0.2) is 4.79 Å². The van der Waals surface area contributed by atoms with Gasteiger partial charge in [0, 0.05) is 23.4 Å². The molecule has 0 bridgehead atoms. The maximum absolute atomic E-state index is 11.9. The highest BCUT2D eigenvalue weighted by atomic mass is 16.6. The second-order valence-electron chi connectivity index (χ2n) is 5.14. The standard InChI is InChI=1S/C13H19NO3/c1-9-6-7-14(10(2)11(9)8-15)12(16)17-13(3,4)5/h6-9H,1-5H3. The van der Waals surface area contributed by atoms with Gasteiger partial charge in [0.05, 0.1) is 0 Å². The van der Waals surface area contributed by atoms with Gasteiger partial charge in [-0.3, -0.25) is 9.69 Å². The van der Waals surface area contributed by atoms with E-state index in [1.807, 2.05) is 6.92 Å². The third-order valence-electron chi connectivity index (χ3n) is 2.51. The first kappa shape index (κ1) is 13.5. The first-order chi connectivity index (χ1) is 7.76. The molecule has 0 fully saturated rings. The minimum Gasteiger partial charge on any atom is -0.443 e. The van der Waals surface area contributed by atoms with Gasteiger partial charge in [-0.1, -0.05) is 13.0 Å². The topological polar surface area (TPSA) is 46.6 Å². The lowest BCUT2D eigenvalue weighted by Gasteiger charge is -2.29. The Kier molecular flexibility index (Phi) is 3.76. The Hall–Kier alpha value is -1.58. The zero-order valence-electron chi connectivity index (χ0n) is 11.0. The average molecular weight is 237 g/mol. The number of ether oxygens (including phenoxy) is 1. The SMILES string of the molecule is CC1=C(C=O)C(C)C=CN1C(=O)OC(C)(C)C. The highest BCUT2D eigenvalue weighted by molar-refractivity contribution is 5.80. The summed E-state index contributed by atoms with van der Waals surface area (Å²) in [5.74, 6) is 0.0335. The average Bonchev–Trinajstić information content (AvgIpc) is 2.15. The number of carbonyl (C=O) groups excluding carboxylic acids is 2. The molecule has 1 heterocycles. The van der Waals surface area contributed by atoms with Gasteiger partial charge in [-0.15, -0.1) is 0 Å². The van der Waals surface area contributed by atoms with E-state index in [2.05, 4.69) is 0 Å². The predicted octanol–water partition coefficient (Wildman–Crippen LogP) is 2.86. The van der Waals surface area contributed by atoms with Crippen LogP contribution in [-0.4, -0.2) is 22.9 Å². The molecule has 0 aromatic heterocycles. The van der Waals surface area contributed by atoms with Crippen LogP contribution in [0.3, 0.4) is 0 Å². The summed E-state index contributed by atoms with van der Waals surface area (Å²) in [7, 11) is 0. The van der Waals surface area contributed by atoms with Crippen molar-refractivity contribution < 1.29 is 14.3 Å². The lowest BCUT2D eigenvalue weighted by Crippen LogP contribution is -2.34. The first-order valence-electron chi connectivity index (χ1n) is 5.62. The quantitative estimate of drug-likeness (QED) is 0.659. The molecule has 4 nitrogen and oxygen atoms in total. The summed E-state index contributed by atoms with van der Waals surface area (Å²) in [4.78, 5) is 24.2. The van der Waals surface area contributed by atoms with Crippen LogP contribution in [0.5, 0.6) is 0 Å². The molecule has 94 valence electrons. The molecule has 17 heavy (non-hydrogen) atoms. The van der Waals surface area contributed by atoms with Crippen LogP contribution in [0.2, 0.25) is 0 Å². The monoisotopic (exact) mass is 237 g/mol. The number of aldehydes is 1. The molecule has 1 rings (SSSR count). The highest BCUT2D eigenvalue weighted by Crippen LogP contribution is 2.25. The number of amides is 1. The Labute approximate surface area is 102 Å². The van der Waals surface area contributed by atoms with Crippen molar-refractivity contribution in [1.29, 1.82) is 0 Å². The third kappa shape index (κ3) is 3.19. The summed E-state index contributed by atoms with van der Waals surface area (Å²) in [5, 5.41) is 0. The van der Waals surface area contributed by atoms with Crippen molar-refractivity contribution in [3.05, 3.63) is 23.5 Å². The fraction of sp³-hybridized carbons (Fsp3) is 0.538. The first-order valence-corrected chi connectivity index (χ1v) is 5.62. The van der Waals surface area contributed by atoms with E-state index in [4.69, 9.17) is 4.74 Å². The Morgan fingerprint density at radius 3 is 2.53 bits per heavy atom. The van der Waals surface area contributed by atoms with E-state index in [1.54, 1.807) is 40.0 Å². The lowest BCUT2D eigenvalue weighted by atomic mass is 9.97. The third-order valence-corrected chi connectivity index (χ3v) is 2.51. The van der Waals surface area contributed by atoms with Crippen molar-refractivity contribution in [3.8, 4) is 0 Å². The van der Waals surface area contributed by atoms with Crippen LogP contribution in [0, 0.1) is 5.92 Å². The van der Waals surface area contributed by atoms with E-state index >= 15 is 0 Å². The van der Waals surface area contributed by atoms with Crippen molar-refractivity contribution in [2.45, 2.75) is 40.2 Å². The van der Waals surface area contributed by atoms with Gasteiger partial charge < -0.3 is 4.74 Å². The second-order valence-corrected chi connectivity index (χ2v) is 5.14. The molecule has 0 N–H and O–H groups in total. The summed E-state index contributed by atoms with van der Waals surface area (Å²) in [6.45, 7) is 9.08. The second kappa shape index (κ2) is 4.73. The van der Waals surface area contributed by atoms with Crippen molar-refractivity contribution in [1.82, 2.24) is 4.90 Å². The van der Waals surface area contributed by atoms with E-state index in [0.29, 0.717) is 11.3 Å². The maximum Gasteiger partial charge on any atom is 0.418 e. The van der Waals surface area contributed by atoms with Crippen molar-refractivity contribution in [2.24, 2.45) is 5.92 Å². The van der Waals surface area contributed by atoms with Gasteiger partial charge in [0.15, 0.2) is 0 Å². The predicted molar refractivity (Wildman–Crippen MR) is 65.1 cm³/mol. The van der Waals surface area contributed by atoms with Crippen molar-refractivity contribution >= 4 is 12.4 Å². The number of nitrogens with zero attached hydrogens (tertiary/aromatic N) is 1. The number of allylic oxidation sites excluding steroid dienone is 3. The zero-order chi connectivity index (χ0) is 13.2. The van der Waals surface area contributed by atoms with Gasteiger partial charge in [-0.2, -0.15) is 0 Å². The summed E-state index contributed by atoms with van der Waals surface area (Å²) < 4.78 is 5.26. The van der Waals surface area contributed by atoms with Crippen molar-refractivity contribution in [2.75, 3.05) is 0 Å². The molecule has 0 saturated carbocycles. The van der Waals surface area contributed by atoms with Crippen LogP contribution < -0.4 is 0 Å². The number of hydrogen-bond acceptors (Lipinski definition) is 3. The van der Waals surface area contributed by atoms with E-state index in [0.717, 1.165) is 6.29 Å². The summed E-state index contributed by atoms with van der Waals surface area (Å²) in [6, 6.07) is 0. The molecule has 0 aliphatic carbocycles. The van der Waals surface area contributed by atoms with Crippen LogP contribution >= 0.6 is 0 Å². The smallest absolute Gasteiger partial charge is 0.418 e. The fourth-order valence-corrected chi connectivity index (χ4v) is 1.60. The molecule has 4 heteroatoms. The zero-order valence-corrected chi connectivity index (χ0v) is 11.0. The number of carbonyl (C=O) groups is 2. The Morgan fingerprint density at radius 2 is 2.06 bits per heavy atom. The van der Waals surface area contributed by atoms with E-state index in [-0.39, 0.29) is 5.92 Å². The Bertz CT molecular complexity index is 388. The van der Waals surface area contributed by atoms with Gasteiger partial charge in [0.1, 0.15) is 11.9 Å². The van der Waals surface area contributed by atoms with Crippen molar-refractivity contribution in [3.63, 3.8) is 0 Å². The highest BCUT2D eigenvalue weighted by Gasteiger charge is 2.26. The van der Waals surface area contributed by atoms with Gasteiger partial charge in [0.25, 0.3) is 0 Å². The molecule has 1 aliphatic rings. The fourth-order valence-electron chi connectivity index (χ4n) is 1.60. The minimum atomic E-state index is -0.546. The molecular formula is C13H19NO3. The van der Waals surface area contributed by atoms with Gasteiger partial charge in [0.2, 0.25) is 0 Å².